The molecular weight excluding hydrogens is 238 g/mol. The fourth-order valence-corrected chi connectivity index (χ4v) is 1.72. The lowest BCUT2D eigenvalue weighted by atomic mass is 9.95. The Bertz CT molecular complexity index is 547. The first kappa shape index (κ1) is 13.5. The fourth-order valence-electron chi connectivity index (χ4n) is 1.72. The summed E-state index contributed by atoms with van der Waals surface area (Å²) in [5.41, 5.74) is 8.74. The second-order valence-electron chi connectivity index (χ2n) is 3.59. The Labute approximate surface area is 102 Å². The molecule has 0 aliphatic heterocycles. The van der Waals surface area contributed by atoms with Crippen LogP contribution in [0.2, 0.25) is 0 Å². The number of aromatic carboxylic acids is 2. The van der Waals surface area contributed by atoms with Gasteiger partial charge < -0.3 is 10.2 Å². The van der Waals surface area contributed by atoms with Crippen LogP contribution in [0.25, 0.3) is 10.4 Å². The summed E-state index contributed by atoms with van der Waals surface area (Å²) in [6.07, 6.45) is 0.256. The molecule has 2 N–H and O–H groups in total. The van der Waals surface area contributed by atoms with Gasteiger partial charge >= 0.3 is 11.9 Å². The van der Waals surface area contributed by atoms with E-state index in [2.05, 4.69) is 10.0 Å². The monoisotopic (exact) mass is 249 g/mol. The molecule has 18 heavy (non-hydrogen) atoms. The van der Waals surface area contributed by atoms with Gasteiger partial charge in [0, 0.05) is 11.5 Å². The highest BCUT2D eigenvalue weighted by atomic mass is 16.4. The van der Waals surface area contributed by atoms with E-state index >= 15 is 0 Å². The molecule has 0 radical (unpaired) electrons. The molecule has 0 atom stereocenters. The van der Waals surface area contributed by atoms with Gasteiger partial charge in [-0.1, -0.05) is 11.2 Å². The zero-order chi connectivity index (χ0) is 13.7. The second kappa shape index (κ2) is 5.70. The number of hydrogen-bond donors (Lipinski definition) is 2. The Kier molecular flexibility index (Phi) is 4.28. The minimum Gasteiger partial charge on any atom is -0.478 e. The fraction of sp³-hybridized carbons (Fsp3) is 0.273. The van der Waals surface area contributed by atoms with Gasteiger partial charge in [-0.3, -0.25) is 0 Å². The minimum absolute atomic E-state index is 0.0389. The first-order valence-corrected chi connectivity index (χ1v) is 5.09. The summed E-state index contributed by atoms with van der Waals surface area (Å²) in [6.45, 7) is 1.58. The normalized spacial score (nSPS) is 9.61. The lowest BCUT2D eigenvalue weighted by Crippen LogP contribution is -2.11. The maximum Gasteiger partial charge on any atom is 0.336 e. The molecule has 0 aromatic heterocycles. The Morgan fingerprint density at radius 1 is 1.33 bits per heavy atom. The smallest absolute Gasteiger partial charge is 0.336 e. The summed E-state index contributed by atoms with van der Waals surface area (Å²) in [5.74, 6) is -2.36. The molecule has 7 heteroatoms. The minimum atomic E-state index is -1.19. The largest absolute Gasteiger partial charge is 0.478 e. The molecule has 0 spiro atoms. The highest BCUT2D eigenvalue weighted by Gasteiger charge is 2.18. The average Bonchev–Trinajstić information content (AvgIpc) is 2.28. The van der Waals surface area contributed by atoms with E-state index in [9.17, 15) is 9.59 Å². The zero-order valence-corrected chi connectivity index (χ0v) is 9.62. The first-order chi connectivity index (χ1) is 8.49. The van der Waals surface area contributed by atoms with Gasteiger partial charge in [-0.2, -0.15) is 0 Å². The summed E-state index contributed by atoms with van der Waals surface area (Å²) < 4.78 is 0. The van der Waals surface area contributed by atoms with Crippen LogP contribution in [0.1, 0.15) is 31.8 Å². The van der Waals surface area contributed by atoms with Crippen molar-refractivity contribution in [2.75, 3.05) is 6.54 Å². The maximum absolute atomic E-state index is 11.2. The van der Waals surface area contributed by atoms with Crippen molar-refractivity contribution in [3.8, 4) is 0 Å². The Balaban J connectivity index is 3.27. The van der Waals surface area contributed by atoms with Gasteiger partial charge in [0.05, 0.1) is 11.1 Å². The number of hydrogen-bond acceptors (Lipinski definition) is 3. The third kappa shape index (κ3) is 2.78. The third-order valence-electron chi connectivity index (χ3n) is 2.54. The van der Waals surface area contributed by atoms with Crippen LogP contribution in [0.15, 0.2) is 17.2 Å². The van der Waals surface area contributed by atoms with Crippen LogP contribution in [-0.4, -0.2) is 28.7 Å². The molecule has 0 bridgehead atoms. The van der Waals surface area contributed by atoms with Gasteiger partial charge in [0.15, 0.2) is 0 Å². The number of carboxylic acid groups (broad SMARTS) is 2. The maximum atomic E-state index is 11.2. The topological polar surface area (TPSA) is 123 Å². The highest BCUT2D eigenvalue weighted by molar-refractivity contribution is 5.97. The molecule has 0 amide bonds. The van der Waals surface area contributed by atoms with E-state index in [1.807, 2.05) is 0 Å². The van der Waals surface area contributed by atoms with Crippen LogP contribution in [0, 0.1) is 6.92 Å². The van der Waals surface area contributed by atoms with Gasteiger partial charge in [-0.25, -0.2) is 9.59 Å². The molecule has 0 unspecified atom stereocenters. The van der Waals surface area contributed by atoms with Crippen LogP contribution in [-0.2, 0) is 6.42 Å². The van der Waals surface area contributed by atoms with E-state index in [4.69, 9.17) is 15.7 Å². The molecule has 0 aliphatic carbocycles. The summed E-state index contributed by atoms with van der Waals surface area (Å²) in [7, 11) is 0. The molecule has 0 saturated carbocycles. The molecule has 94 valence electrons. The number of nitrogens with zero attached hydrogens (tertiary/aromatic N) is 3. The Morgan fingerprint density at radius 3 is 2.50 bits per heavy atom. The quantitative estimate of drug-likeness (QED) is 0.471. The summed E-state index contributed by atoms with van der Waals surface area (Å²) >= 11 is 0. The van der Waals surface area contributed by atoms with Crippen molar-refractivity contribution >= 4 is 11.9 Å². The second-order valence-corrected chi connectivity index (χ2v) is 3.59. The van der Waals surface area contributed by atoms with Gasteiger partial charge in [0.1, 0.15) is 0 Å². The predicted octanol–water partition coefficient (Wildman–Crippen LogP) is 2.24. The lowest BCUT2D eigenvalue weighted by molar-refractivity contribution is 0.0695. The van der Waals surface area contributed by atoms with Crippen LogP contribution < -0.4 is 0 Å². The Morgan fingerprint density at radius 2 is 2.00 bits per heavy atom. The van der Waals surface area contributed by atoms with E-state index in [-0.39, 0.29) is 29.7 Å². The van der Waals surface area contributed by atoms with Crippen molar-refractivity contribution in [2.45, 2.75) is 13.3 Å². The molecule has 1 aromatic carbocycles. The van der Waals surface area contributed by atoms with E-state index in [0.717, 1.165) is 0 Å². The molecule has 0 saturated heterocycles. The van der Waals surface area contributed by atoms with E-state index in [0.29, 0.717) is 5.56 Å². The van der Waals surface area contributed by atoms with Crippen molar-refractivity contribution in [2.24, 2.45) is 5.11 Å². The zero-order valence-electron chi connectivity index (χ0n) is 9.62. The standard InChI is InChI=1S/C11H11N3O4/c1-6-8(10(15)16)3-2-7(4-5-13-14-12)9(6)11(17)18/h2-3H,4-5H2,1H3,(H,15,16)(H,17,18). The highest BCUT2D eigenvalue weighted by Crippen LogP contribution is 2.20. The van der Waals surface area contributed by atoms with Gasteiger partial charge in [0.2, 0.25) is 0 Å². The number of benzene rings is 1. The van der Waals surface area contributed by atoms with E-state index in [1.165, 1.54) is 19.1 Å². The number of carbonyl (C=O) groups is 2. The van der Waals surface area contributed by atoms with Crippen molar-refractivity contribution in [1.29, 1.82) is 0 Å². The molecule has 1 rings (SSSR count). The SMILES string of the molecule is Cc1c(C(=O)O)ccc(CCN=[N+]=[N-])c1C(=O)O. The van der Waals surface area contributed by atoms with Crippen LogP contribution >= 0.6 is 0 Å². The van der Waals surface area contributed by atoms with Crippen molar-refractivity contribution in [1.82, 2.24) is 0 Å². The number of rotatable bonds is 5. The molecule has 1 aromatic rings. The lowest BCUT2D eigenvalue weighted by Gasteiger charge is -2.10. The molecule has 0 heterocycles. The first-order valence-electron chi connectivity index (χ1n) is 5.09. The number of azide groups is 1. The molecule has 0 aliphatic rings. The molecule has 7 nitrogen and oxygen atoms in total. The Hall–Kier alpha value is -2.53. The van der Waals surface area contributed by atoms with Gasteiger partial charge in [0.25, 0.3) is 0 Å². The predicted molar refractivity (Wildman–Crippen MR) is 62.8 cm³/mol. The van der Waals surface area contributed by atoms with Crippen LogP contribution in [0.5, 0.6) is 0 Å². The van der Waals surface area contributed by atoms with E-state index < -0.39 is 11.9 Å². The van der Waals surface area contributed by atoms with E-state index in [1.54, 1.807) is 0 Å². The summed E-state index contributed by atoms with van der Waals surface area (Å²) in [4.78, 5) is 24.6. The summed E-state index contributed by atoms with van der Waals surface area (Å²) in [6, 6.07) is 2.79. The average molecular weight is 249 g/mol. The van der Waals surface area contributed by atoms with Gasteiger partial charge in [-0.05, 0) is 36.1 Å². The number of carboxylic acids is 2. The van der Waals surface area contributed by atoms with Crippen molar-refractivity contribution in [3.63, 3.8) is 0 Å². The molecular formula is C11H11N3O4. The van der Waals surface area contributed by atoms with Crippen LogP contribution in [0.3, 0.4) is 0 Å². The van der Waals surface area contributed by atoms with Gasteiger partial charge in [-0.15, -0.1) is 0 Å². The summed E-state index contributed by atoms with van der Waals surface area (Å²) in [5, 5.41) is 21.4. The van der Waals surface area contributed by atoms with Crippen LogP contribution in [0.4, 0.5) is 0 Å². The van der Waals surface area contributed by atoms with Crippen molar-refractivity contribution < 1.29 is 19.8 Å². The van der Waals surface area contributed by atoms with Crippen molar-refractivity contribution in [3.05, 3.63) is 44.8 Å². The molecule has 0 fully saturated rings. The third-order valence-corrected chi connectivity index (χ3v) is 2.54.